The Kier molecular flexibility index (Phi) is 8.03. The number of aryl methyl sites for hydroxylation is 2. The fourth-order valence-corrected chi connectivity index (χ4v) is 44.3. The van der Waals surface area contributed by atoms with E-state index < -0.39 is 15.3 Å². The fourth-order valence-electron chi connectivity index (χ4n) is 11.7. The molecule has 0 N–H and O–H groups in total. The molecule has 0 aliphatic heterocycles. The second-order valence-corrected chi connectivity index (χ2v) is 64.6. The molecule has 2 atom stereocenters. The van der Waals surface area contributed by atoms with E-state index in [0.29, 0.717) is 0 Å². The fraction of sp³-hybridized carbons (Fsp3) is 0.308. The summed E-state index contributed by atoms with van der Waals surface area (Å²) in [6.07, 6.45) is 4.87. The van der Waals surface area contributed by atoms with Gasteiger partial charge in [0.25, 0.3) is 0 Å². The molecule has 6 aromatic carbocycles. The van der Waals surface area contributed by atoms with Gasteiger partial charge in [-0.3, -0.25) is 0 Å². The summed E-state index contributed by atoms with van der Waals surface area (Å²) in [5, 5.41) is 4.99. The van der Waals surface area contributed by atoms with Gasteiger partial charge in [0.15, 0.2) is 0 Å². The second-order valence-electron chi connectivity index (χ2n) is 21.5. The quantitative estimate of drug-likeness (QED) is 0.156. The standard InChI is InChI=1S/2C14H11.2C11H16O.2CH3.H2Si.Zr/c2*1-10-8-12-7-6-11-4-2-3-5-13(11)14(12)9-10;2*1-8-5-6-10(12)9(7-8)11(2,3)4;;;;/h2*2-9H,1H3;2*5-7,12H,1-4H3;2*1H3;1H2;/q;;;;;;;+2/p-2. The predicted octanol–water partition coefficient (Wildman–Crippen LogP) is 14.2. The maximum absolute atomic E-state index is 8.80. The van der Waals surface area contributed by atoms with Gasteiger partial charge in [0.2, 0.25) is 0 Å². The molecule has 6 aromatic rings. The molecule has 0 radical (unpaired) electrons. The van der Waals surface area contributed by atoms with Crippen LogP contribution in [0.2, 0.25) is 9.26 Å². The van der Waals surface area contributed by atoms with E-state index in [0.717, 1.165) is 11.5 Å². The molecule has 0 heterocycles. The zero-order valence-corrected chi connectivity index (χ0v) is 39.6. The van der Waals surface area contributed by atoms with E-state index in [-0.39, 0.29) is 18.1 Å². The SMILES string of the molecule is CC1=Cc2ccc3ccccc3c2[CH]1[Zr]([CH3])([CH3])(=[SiH2])([O]c1ccc(C)cc1C(C)(C)C)([O]c1ccc(C)cc1C(C)(C)C)[CH]1C(C)=Cc2ccc3ccccc3c21. The van der Waals surface area contributed by atoms with Crippen molar-refractivity contribution in [3.05, 3.63) is 165 Å². The monoisotopic (exact) mass is 834 g/mol. The van der Waals surface area contributed by atoms with Crippen LogP contribution >= 0.6 is 0 Å². The van der Waals surface area contributed by atoms with Crippen molar-refractivity contribution in [3.63, 3.8) is 0 Å². The first-order valence-corrected chi connectivity index (χ1v) is 36.2. The molecule has 0 spiro atoms. The molecule has 0 fully saturated rings. The van der Waals surface area contributed by atoms with Crippen molar-refractivity contribution in [1.82, 2.24) is 0 Å². The van der Waals surface area contributed by atoms with Crippen LogP contribution in [0.1, 0.15) is 107 Å². The zero-order chi connectivity index (χ0) is 40.3. The molecule has 0 aromatic heterocycles. The van der Waals surface area contributed by atoms with E-state index >= 15 is 0 Å². The van der Waals surface area contributed by atoms with E-state index in [1.54, 1.807) is 0 Å². The number of rotatable bonds is 6. The Labute approximate surface area is 332 Å². The molecule has 0 saturated carbocycles. The number of hydrogen-bond donors (Lipinski definition) is 0. The van der Waals surface area contributed by atoms with Crippen molar-refractivity contribution in [2.24, 2.45) is 0 Å². The minimum atomic E-state index is -6.97. The Hall–Kier alpha value is -3.98. The van der Waals surface area contributed by atoms with Crippen molar-refractivity contribution in [3.8, 4) is 11.5 Å². The first-order chi connectivity index (χ1) is 26.0. The summed E-state index contributed by atoms with van der Waals surface area (Å²) >= 11 is -6.97. The predicted molar refractivity (Wildman–Crippen MR) is 242 cm³/mol. The summed E-state index contributed by atoms with van der Waals surface area (Å²) in [5.74, 6) is 1.83. The summed E-state index contributed by atoms with van der Waals surface area (Å²) in [6.45, 7) is 25.1. The number of fused-ring (bicyclic) bond motifs is 6. The van der Waals surface area contributed by atoms with Gasteiger partial charge >= 0.3 is 334 Å². The molecule has 2 aliphatic rings. The molecule has 8 rings (SSSR count). The molecule has 56 heavy (non-hydrogen) atoms. The van der Waals surface area contributed by atoms with Gasteiger partial charge in [-0.25, -0.2) is 0 Å². The molecule has 0 saturated heterocycles. The zero-order valence-electron chi connectivity index (χ0n) is 35.7. The van der Waals surface area contributed by atoms with Gasteiger partial charge in [-0.05, 0) is 0 Å². The molecule has 4 heteroatoms. The van der Waals surface area contributed by atoms with Crippen LogP contribution in [0.3, 0.4) is 0 Å². The average Bonchev–Trinajstić information content (AvgIpc) is 3.67. The van der Waals surface area contributed by atoms with Crippen LogP contribution in [0.25, 0.3) is 33.7 Å². The Morgan fingerprint density at radius 3 is 1.25 bits per heavy atom. The van der Waals surface area contributed by atoms with Crippen molar-refractivity contribution < 1.29 is 20.9 Å². The van der Waals surface area contributed by atoms with Crippen LogP contribution in [0, 0.1) is 13.8 Å². The third-order valence-corrected chi connectivity index (χ3v) is 40.8. The Morgan fingerprint density at radius 2 is 0.875 bits per heavy atom. The summed E-state index contributed by atoms with van der Waals surface area (Å²) < 4.78 is 22.3. The topological polar surface area (TPSA) is 18.5 Å². The van der Waals surface area contributed by atoms with E-state index in [2.05, 4.69) is 207 Å². The van der Waals surface area contributed by atoms with Crippen molar-refractivity contribution in [2.45, 2.75) is 96.6 Å². The molecule has 2 nitrogen and oxygen atoms in total. The number of allylic oxidation sites excluding steroid dienone is 2. The van der Waals surface area contributed by atoms with Gasteiger partial charge in [-0.1, -0.05) is 0 Å². The summed E-state index contributed by atoms with van der Waals surface area (Å²) in [7, 11) is 0. The van der Waals surface area contributed by atoms with Gasteiger partial charge in [-0.2, -0.15) is 0 Å². The summed E-state index contributed by atoms with van der Waals surface area (Å²) in [4.78, 5) is 0. The van der Waals surface area contributed by atoms with Gasteiger partial charge in [0.05, 0.1) is 0 Å². The summed E-state index contributed by atoms with van der Waals surface area (Å²) in [6, 6.07) is 40.7. The van der Waals surface area contributed by atoms with Crippen LogP contribution in [-0.2, 0) is 26.1 Å². The van der Waals surface area contributed by atoms with Gasteiger partial charge < -0.3 is 0 Å². The van der Waals surface area contributed by atoms with Crippen molar-refractivity contribution in [1.29, 1.82) is 0 Å². The van der Waals surface area contributed by atoms with Crippen molar-refractivity contribution in [2.75, 3.05) is 0 Å². The molecular weight excluding hydrogens is 776 g/mol. The van der Waals surface area contributed by atoms with Crippen molar-refractivity contribution >= 4 is 40.6 Å². The molecule has 2 aliphatic carbocycles. The number of hydrogen-bond acceptors (Lipinski definition) is 2. The third kappa shape index (κ3) is 5.64. The Bertz CT molecular complexity index is 2670. The number of benzene rings is 6. The third-order valence-electron chi connectivity index (χ3n) is 13.6. The minimum absolute atomic E-state index is 0.196. The van der Waals surface area contributed by atoms with Gasteiger partial charge in [-0.15, -0.1) is 0 Å². The Morgan fingerprint density at radius 1 is 0.500 bits per heavy atom. The van der Waals surface area contributed by atoms with E-state index in [1.165, 1.54) is 77.2 Å². The van der Waals surface area contributed by atoms with Gasteiger partial charge in [0.1, 0.15) is 0 Å². The van der Waals surface area contributed by atoms with E-state index in [9.17, 15) is 0 Å². The first-order valence-electron chi connectivity index (χ1n) is 20.5. The average molecular weight is 836 g/mol. The van der Waals surface area contributed by atoms with Crippen LogP contribution < -0.4 is 5.63 Å². The molecule has 288 valence electrons. The van der Waals surface area contributed by atoms with Gasteiger partial charge in [0, 0.05) is 0 Å². The Balaban J connectivity index is 1.65. The molecule has 0 bridgehead atoms. The van der Waals surface area contributed by atoms with E-state index in [4.69, 9.17) is 5.63 Å². The molecule has 0 amide bonds. The van der Waals surface area contributed by atoms with E-state index in [1.807, 2.05) is 0 Å². The first kappa shape index (κ1) is 38.9. The van der Waals surface area contributed by atoms with Crippen LogP contribution in [0.5, 0.6) is 11.5 Å². The maximum atomic E-state index is 8.80. The second kappa shape index (κ2) is 11.6. The summed E-state index contributed by atoms with van der Waals surface area (Å²) in [5.41, 5.74) is 12.2. The molecule has 2 unspecified atom stereocenters. The normalized spacial score (nSPS) is 19.0. The molecular formula is C52H60O2SiZr. The van der Waals surface area contributed by atoms with Crippen LogP contribution in [-0.4, -0.2) is 6.88 Å². The van der Waals surface area contributed by atoms with Crippen LogP contribution in [0.4, 0.5) is 0 Å². The van der Waals surface area contributed by atoms with Crippen LogP contribution in [0.15, 0.2) is 120 Å².